The second kappa shape index (κ2) is 8.14. The average molecular weight is 377 g/mol. The fourth-order valence-electron chi connectivity index (χ4n) is 3.20. The van der Waals surface area contributed by atoms with E-state index >= 15 is 0 Å². The number of nitrogens with zero attached hydrogens (tertiary/aromatic N) is 1. The minimum atomic E-state index is -0.445. The molecule has 0 spiro atoms. The normalized spacial score (nSPS) is 23.2. The Kier molecular flexibility index (Phi) is 7.01. The summed E-state index contributed by atoms with van der Waals surface area (Å²) in [5, 5.41) is 2.89. The number of hydrogen-bond donors (Lipinski definition) is 3. The summed E-state index contributed by atoms with van der Waals surface area (Å²) >= 11 is 0. The Morgan fingerprint density at radius 3 is 2.92 bits per heavy atom. The molecule has 0 aliphatic heterocycles. The fourth-order valence-corrected chi connectivity index (χ4v) is 3.20. The Morgan fingerprint density at radius 1 is 1.46 bits per heavy atom. The first kappa shape index (κ1) is 20.7. The SMILES string of the molecule is CC1(N)CCCCC1C(=O)NCc1nc2ccc(F)cc2[nH]1.Cl.Cl. The standard InChI is InChI=1S/C16H21FN4O.2ClH/c1-16(18)7-3-2-4-11(16)15(22)19-9-14-20-12-6-5-10(17)8-13(12)21-14;;/h5-6,8,11H,2-4,7,9,18H2,1H3,(H,19,22)(H,20,21);2*1H. The third-order valence-corrected chi connectivity index (χ3v) is 4.49. The minimum Gasteiger partial charge on any atom is -0.349 e. The summed E-state index contributed by atoms with van der Waals surface area (Å²) in [7, 11) is 0. The van der Waals surface area contributed by atoms with Gasteiger partial charge in [-0.1, -0.05) is 12.8 Å². The molecule has 1 aromatic heterocycles. The van der Waals surface area contributed by atoms with Crippen LogP contribution in [0.5, 0.6) is 0 Å². The number of carbonyl (C=O) groups excluding carboxylic acids is 1. The van der Waals surface area contributed by atoms with E-state index in [1.54, 1.807) is 6.07 Å². The monoisotopic (exact) mass is 376 g/mol. The molecule has 0 bridgehead atoms. The Hall–Kier alpha value is -1.37. The first-order chi connectivity index (χ1) is 10.5. The Bertz CT molecular complexity index is 704. The lowest BCUT2D eigenvalue weighted by Gasteiger charge is -2.37. The van der Waals surface area contributed by atoms with Crippen molar-refractivity contribution >= 4 is 41.8 Å². The van der Waals surface area contributed by atoms with Gasteiger partial charge in [0.05, 0.1) is 23.5 Å². The highest BCUT2D eigenvalue weighted by Gasteiger charge is 2.37. The first-order valence-electron chi connectivity index (χ1n) is 7.66. The van der Waals surface area contributed by atoms with E-state index in [2.05, 4.69) is 15.3 Å². The van der Waals surface area contributed by atoms with Gasteiger partial charge < -0.3 is 16.0 Å². The van der Waals surface area contributed by atoms with Crippen molar-refractivity contribution in [2.24, 2.45) is 11.7 Å². The number of benzene rings is 1. The van der Waals surface area contributed by atoms with E-state index in [1.807, 2.05) is 6.92 Å². The second-order valence-electron chi connectivity index (χ2n) is 6.37. The van der Waals surface area contributed by atoms with Crippen LogP contribution >= 0.6 is 24.8 Å². The van der Waals surface area contributed by atoms with Gasteiger partial charge >= 0.3 is 0 Å². The quantitative estimate of drug-likeness (QED) is 0.769. The summed E-state index contributed by atoms with van der Waals surface area (Å²) in [6, 6.07) is 4.38. The summed E-state index contributed by atoms with van der Waals surface area (Å²) in [5.41, 5.74) is 7.12. The van der Waals surface area contributed by atoms with E-state index in [1.165, 1.54) is 12.1 Å². The van der Waals surface area contributed by atoms with Crippen LogP contribution < -0.4 is 11.1 Å². The molecule has 4 N–H and O–H groups in total. The summed E-state index contributed by atoms with van der Waals surface area (Å²) in [5.74, 6) is 0.107. The van der Waals surface area contributed by atoms with Gasteiger partial charge in [-0.2, -0.15) is 0 Å². The van der Waals surface area contributed by atoms with Crippen LogP contribution in [0.1, 0.15) is 38.4 Å². The number of aromatic amines is 1. The molecular formula is C16H23Cl2FN4O. The largest absolute Gasteiger partial charge is 0.349 e. The molecule has 2 atom stereocenters. The molecule has 8 heteroatoms. The third-order valence-electron chi connectivity index (χ3n) is 4.49. The maximum atomic E-state index is 13.2. The minimum absolute atomic E-state index is 0. The Balaban J connectivity index is 0.00000144. The van der Waals surface area contributed by atoms with Gasteiger partial charge in [0.25, 0.3) is 0 Å². The van der Waals surface area contributed by atoms with Gasteiger partial charge in [0.2, 0.25) is 5.91 Å². The molecule has 1 saturated carbocycles. The van der Waals surface area contributed by atoms with E-state index in [4.69, 9.17) is 5.73 Å². The molecular weight excluding hydrogens is 354 g/mol. The molecule has 1 aliphatic rings. The van der Waals surface area contributed by atoms with Crippen LogP contribution in [0, 0.1) is 11.7 Å². The van der Waals surface area contributed by atoms with Gasteiger partial charge in [0.15, 0.2) is 0 Å². The molecule has 1 fully saturated rings. The first-order valence-corrected chi connectivity index (χ1v) is 7.66. The van der Waals surface area contributed by atoms with E-state index in [0.29, 0.717) is 23.4 Å². The molecule has 0 saturated heterocycles. The van der Waals surface area contributed by atoms with Crippen molar-refractivity contribution in [1.82, 2.24) is 15.3 Å². The zero-order chi connectivity index (χ0) is 15.7. The summed E-state index contributed by atoms with van der Waals surface area (Å²) in [4.78, 5) is 19.7. The predicted molar refractivity (Wildman–Crippen MR) is 96.9 cm³/mol. The van der Waals surface area contributed by atoms with Crippen molar-refractivity contribution < 1.29 is 9.18 Å². The van der Waals surface area contributed by atoms with Crippen LogP contribution in [0.15, 0.2) is 18.2 Å². The maximum absolute atomic E-state index is 13.2. The molecule has 134 valence electrons. The van der Waals surface area contributed by atoms with Gasteiger partial charge in [-0.15, -0.1) is 24.8 Å². The van der Waals surface area contributed by atoms with Crippen molar-refractivity contribution in [3.63, 3.8) is 0 Å². The van der Waals surface area contributed by atoms with Crippen molar-refractivity contribution in [3.8, 4) is 0 Å². The van der Waals surface area contributed by atoms with Crippen LogP contribution in [-0.2, 0) is 11.3 Å². The molecule has 24 heavy (non-hydrogen) atoms. The molecule has 3 rings (SSSR count). The van der Waals surface area contributed by atoms with Crippen LogP contribution in [0.3, 0.4) is 0 Å². The molecule has 1 heterocycles. The van der Waals surface area contributed by atoms with Crippen molar-refractivity contribution in [3.05, 3.63) is 29.8 Å². The zero-order valence-corrected chi connectivity index (χ0v) is 15.1. The number of hydrogen-bond acceptors (Lipinski definition) is 3. The van der Waals surface area contributed by atoms with Crippen LogP contribution in [0.2, 0.25) is 0 Å². The topological polar surface area (TPSA) is 83.8 Å². The molecule has 0 radical (unpaired) electrons. The van der Waals surface area contributed by atoms with Crippen molar-refractivity contribution in [2.45, 2.75) is 44.7 Å². The summed E-state index contributed by atoms with van der Waals surface area (Å²) < 4.78 is 13.2. The number of carbonyl (C=O) groups is 1. The fraction of sp³-hybridized carbons (Fsp3) is 0.500. The highest BCUT2D eigenvalue weighted by Crippen LogP contribution is 2.31. The van der Waals surface area contributed by atoms with Gasteiger partial charge in [-0.3, -0.25) is 4.79 Å². The number of nitrogens with one attached hydrogen (secondary N) is 2. The predicted octanol–water partition coefficient (Wildman–Crippen LogP) is 3.07. The number of nitrogens with two attached hydrogens (primary N) is 1. The van der Waals surface area contributed by atoms with E-state index in [9.17, 15) is 9.18 Å². The van der Waals surface area contributed by atoms with Crippen LogP contribution in [0.4, 0.5) is 4.39 Å². The van der Waals surface area contributed by atoms with Crippen molar-refractivity contribution in [2.75, 3.05) is 0 Å². The smallest absolute Gasteiger partial charge is 0.225 e. The van der Waals surface area contributed by atoms with Crippen LogP contribution in [0.25, 0.3) is 11.0 Å². The maximum Gasteiger partial charge on any atom is 0.225 e. The third kappa shape index (κ3) is 4.37. The summed E-state index contributed by atoms with van der Waals surface area (Å²) in [6.45, 7) is 2.24. The van der Waals surface area contributed by atoms with E-state index in [0.717, 1.165) is 25.7 Å². The van der Waals surface area contributed by atoms with Crippen molar-refractivity contribution in [1.29, 1.82) is 0 Å². The average Bonchev–Trinajstić information content (AvgIpc) is 2.86. The zero-order valence-electron chi connectivity index (χ0n) is 13.5. The van der Waals surface area contributed by atoms with Gasteiger partial charge in [-0.25, -0.2) is 9.37 Å². The van der Waals surface area contributed by atoms with Crippen LogP contribution in [-0.4, -0.2) is 21.4 Å². The number of rotatable bonds is 3. The van der Waals surface area contributed by atoms with Gasteiger partial charge in [-0.05, 0) is 38.0 Å². The Labute approximate surface area is 152 Å². The number of H-pyrrole nitrogens is 1. The molecule has 2 aromatic rings. The lowest BCUT2D eigenvalue weighted by atomic mass is 9.74. The summed E-state index contributed by atoms with van der Waals surface area (Å²) in [6.07, 6.45) is 3.81. The highest BCUT2D eigenvalue weighted by atomic mass is 35.5. The van der Waals surface area contributed by atoms with E-state index in [-0.39, 0.29) is 42.5 Å². The number of fused-ring (bicyclic) bond motifs is 1. The molecule has 2 unspecified atom stereocenters. The van der Waals surface area contributed by atoms with Gasteiger partial charge in [0, 0.05) is 5.54 Å². The molecule has 5 nitrogen and oxygen atoms in total. The molecule has 1 amide bonds. The lowest BCUT2D eigenvalue weighted by molar-refractivity contribution is -0.128. The number of amides is 1. The number of halogens is 3. The lowest BCUT2D eigenvalue weighted by Crippen LogP contribution is -2.52. The second-order valence-corrected chi connectivity index (χ2v) is 6.37. The highest BCUT2D eigenvalue weighted by molar-refractivity contribution is 5.85. The molecule has 1 aliphatic carbocycles. The number of imidazole rings is 1. The molecule has 1 aromatic carbocycles. The number of aromatic nitrogens is 2. The van der Waals surface area contributed by atoms with Gasteiger partial charge in [0.1, 0.15) is 11.6 Å². The Morgan fingerprint density at radius 2 is 2.21 bits per heavy atom. The van der Waals surface area contributed by atoms with E-state index < -0.39 is 5.54 Å².